The van der Waals surface area contributed by atoms with E-state index in [4.69, 9.17) is 11.6 Å². The number of nitrogens with one attached hydrogen (secondary N) is 1. The molecule has 11 heteroatoms. The Kier molecular flexibility index (Phi) is 6.50. The number of hydrogen-bond donors (Lipinski definition) is 1. The number of hydrogen-bond acceptors (Lipinski definition) is 4. The van der Waals surface area contributed by atoms with Crippen LogP contribution in [0.15, 0.2) is 23.4 Å². The van der Waals surface area contributed by atoms with Gasteiger partial charge in [-0.15, -0.1) is 0 Å². The summed E-state index contributed by atoms with van der Waals surface area (Å²) in [7, 11) is 0. The zero-order valence-corrected chi connectivity index (χ0v) is 18.7. The molecule has 3 aliphatic rings. The number of nitrogens with zero attached hydrogens (tertiary/aromatic N) is 3. The topological polar surface area (TPSA) is 85.6 Å². The van der Waals surface area contributed by atoms with Crippen molar-refractivity contribution in [2.24, 2.45) is 5.92 Å². The van der Waals surface area contributed by atoms with E-state index < -0.39 is 18.8 Å². The standard InChI is InChI=1S/C22H22ClF3N4O3/c1-12(14-7-17(23)20(28-8-14)33-11-22(24,25)26)30-10-16-15(21(30)32)9-27-18(16)29-19(31)13-5-3-2-4-6-13/h7-9,12-13H,2-6,10-11H2,1H3/p+1. The second kappa shape index (κ2) is 9.19. The van der Waals surface area contributed by atoms with Gasteiger partial charge in [0.25, 0.3) is 5.91 Å². The summed E-state index contributed by atoms with van der Waals surface area (Å²) < 4.78 is 46.0. The molecule has 1 aliphatic carbocycles. The summed E-state index contributed by atoms with van der Waals surface area (Å²) in [6.45, 7) is 0.501. The van der Waals surface area contributed by atoms with E-state index in [1.807, 2.05) is 0 Å². The molecule has 2 amide bonds. The summed E-state index contributed by atoms with van der Waals surface area (Å²) in [6.07, 6.45) is 3.20. The van der Waals surface area contributed by atoms with E-state index in [1.165, 1.54) is 18.5 Å². The molecule has 1 N–H and O–H groups in total. The minimum atomic E-state index is -4.51. The van der Waals surface area contributed by atoms with Crippen LogP contribution in [0.25, 0.3) is 0 Å². The maximum absolute atomic E-state index is 12.9. The average Bonchev–Trinajstić information content (AvgIpc) is 3.32. The van der Waals surface area contributed by atoms with E-state index >= 15 is 0 Å². The molecule has 0 spiro atoms. The van der Waals surface area contributed by atoms with Crippen LogP contribution in [0.5, 0.6) is 5.88 Å². The van der Waals surface area contributed by atoms with Crippen LogP contribution in [0.2, 0.25) is 5.02 Å². The zero-order valence-electron chi connectivity index (χ0n) is 17.9. The lowest BCUT2D eigenvalue weighted by Gasteiger charge is -2.25. The molecule has 7 nitrogen and oxygen atoms in total. The van der Waals surface area contributed by atoms with Crippen LogP contribution in [0.4, 0.5) is 13.2 Å². The van der Waals surface area contributed by atoms with Gasteiger partial charge in [0, 0.05) is 6.20 Å². The number of rotatable bonds is 5. The van der Waals surface area contributed by atoms with Gasteiger partial charge in [-0.1, -0.05) is 30.9 Å². The lowest BCUT2D eigenvalue weighted by atomic mass is 9.88. The number of halogens is 4. The first-order valence-electron chi connectivity index (χ1n) is 10.8. The molecule has 1 saturated carbocycles. The van der Waals surface area contributed by atoms with E-state index in [-0.39, 0.29) is 35.2 Å². The van der Waals surface area contributed by atoms with E-state index in [1.54, 1.807) is 11.8 Å². The first-order chi connectivity index (χ1) is 15.6. The van der Waals surface area contributed by atoms with Crippen molar-refractivity contribution in [2.45, 2.75) is 51.2 Å². The predicted molar refractivity (Wildman–Crippen MR) is 116 cm³/mol. The van der Waals surface area contributed by atoms with Crippen molar-refractivity contribution < 1.29 is 27.5 Å². The highest BCUT2D eigenvalue weighted by Gasteiger charge is 2.43. The van der Waals surface area contributed by atoms with Gasteiger partial charge in [-0.2, -0.15) is 18.5 Å². The van der Waals surface area contributed by atoms with Gasteiger partial charge < -0.3 is 9.64 Å². The third kappa shape index (κ3) is 5.07. The van der Waals surface area contributed by atoms with Crippen molar-refractivity contribution in [3.8, 4) is 5.88 Å². The second-order valence-corrected chi connectivity index (χ2v) is 8.80. The van der Waals surface area contributed by atoms with Crippen LogP contribution >= 0.6 is 11.6 Å². The molecule has 0 saturated heterocycles. The fourth-order valence-corrected chi connectivity index (χ4v) is 4.49. The highest BCUT2D eigenvalue weighted by atomic mass is 35.5. The third-order valence-corrected chi connectivity index (χ3v) is 6.39. The largest absolute Gasteiger partial charge is 0.467 e. The molecule has 1 unspecified atom stereocenters. The Morgan fingerprint density at radius 1 is 1.36 bits per heavy atom. The fourth-order valence-electron chi connectivity index (χ4n) is 4.26. The minimum absolute atomic E-state index is 0.0375. The molecular weight excluding hydrogens is 461 g/mol. The Bertz CT molecular complexity index is 1070. The van der Waals surface area contributed by atoms with Gasteiger partial charge in [0.05, 0.1) is 24.1 Å². The van der Waals surface area contributed by atoms with Crippen molar-refractivity contribution >= 4 is 35.5 Å². The molecule has 1 aromatic heterocycles. The molecule has 0 bridgehead atoms. The van der Waals surface area contributed by atoms with E-state index in [0.29, 0.717) is 22.5 Å². The maximum Gasteiger partial charge on any atom is 0.422 e. The van der Waals surface area contributed by atoms with Crippen LogP contribution in [0.3, 0.4) is 0 Å². The summed E-state index contributed by atoms with van der Waals surface area (Å²) in [5.74, 6) is -0.289. The zero-order chi connectivity index (χ0) is 23.8. The molecule has 1 atom stereocenters. The van der Waals surface area contributed by atoms with E-state index in [9.17, 15) is 22.8 Å². The number of carbonyl (C=O) groups excluding carboxylic acids is 2. The quantitative estimate of drug-likeness (QED) is 0.652. The monoisotopic (exact) mass is 483 g/mol. The molecule has 0 aromatic carbocycles. The smallest absolute Gasteiger partial charge is 0.422 e. The lowest BCUT2D eigenvalue weighted by molar-refractivity contribution is -0.154. The van der Waals surface area contributed by atoms with Gasteiger partial charge in [-0.3, -0.25) is 4.79 Å². The van der Waals surface area contributed by atoms with Crippen molar-refractivity contribution in [3.05, 3.63) is 34.0 Å². The number of amides is 2. The molecule has 1 aromatic rings. The van der Waals surface area contributed by atoms with Gasteiger partial charge in [0.2, 0.25) is 12.1 Å². The van der Waals surface area contributed by atoms with Crippen molar-refractivity contribution in [1.29, 1.82) is 0 Å². The molecule has 176 valence electrons. The lowest BCUT2D eigenvalue weighted by Crippen LogP contribution is -2.39. The van der Waals surface area contributed by atoms with Crippen molar-refractivity contribution in [3.63, 3.8) is 0 Å². The normalized spacial score (nSPS) is 19.6. The molecular formula is C22H23ClF3N4O3+. The van der Waals surface area contributed by atoms with Crippen LogP contribution in [-0.4, -0.2) is 53.1 Å². The van der Waals surface area contributed by atoms with Gasteiger partial charge >= 0.3 is 17.9 Å². The third-order valence-electron chi connectivity index (χ3n) is 6.12. The second-order valence-electron chi connectivity index (χ2n) is 8.39. The Hall–Kier alpha value is -2.84. The SMILES string of the molecule is CC(c1cnc(OCC(F)(F)F)c(Cl)c1)N1CC2=C(C=[N+]=C2NC(=O)C2CCCCC2)C1=O. The van der Waals surface area contributed by atoms with E-state index in [0.717, 1.165) is 32.1 Å². The first kappa shape index (κ1) is 23.3. The highest BCUT2D eigenvalue weighted by Crippen LogP contribution is 2.33. The summed E-state index contributed by atoms with van der Waals surface area (Å²) in [5.41, 5.74) is 1.61. The van der Waals surface area contributed by atoms with Crippen LogP contribution in [0.1, 0.15) is 50.6 Å². The Labute approximate surface area is 193 Å². The Morgan fingerprint density at radius 3 is 2.76 bits per heavy atom. The Balaban J connectivity index is 1.41. The summed E-state index contributed by atoms with van der Waals surface area (Å²) in [5, 5.41) is 2.80. The van der Waals surface area contributed by atoms with Crippen LogP contribution in [-0.2, 0) is 9.59 Å². The molecule has 33 heavy (non-hydrogen) atoms. The van der Waals surface area contributed by atoms with Crippen LogP contribution < -0.4 is 14.7 Å². The molecule has 1 fully saturated rings. The number of aromatic nitrogens is 1. The summed E-state index contributed by atoms with van der Waals surface area (Å²) >= 11 is 6.05. The number of pyridine rings is 1. The fraction of sp³-hybridized carbons (Fsp3) is 0.500. The van der Waals surface area contributed by atoms with Gasteiger partial charge in [0.1, 0.15) is 10.6 Å². The number of carbonyl (C=O) groups is 2. The van der Waals surface area contributed by atoms with E-state index in [2.05, 4.69) is 19.7 Å². The molecule has 3 heterocycles. The summed E-state index contributed by atoms with van der Waals surface area (Å²) in [6, 6.07) is 0.971. The Morgan fingerprint density at radius 2 is 2.09 bits per heavy atom. The minimum Gasteiger partial charge on any atom is -0.467 e. The number of ether oxygens (including phenoxy) is 1. The maximum atomic E-state index is 12.9. The van der Waals surface area contributed by atoms with Crippen molar-refractivity contribution in [2.75, 3.05) is 13.2 Å². The van der Waals surface area contributed by atoms with Crippen molar-refractivity contribution in [1.82, 2.24) is 19.9 Å². The number of alkyl halides is 3. The van der Waals surface area contributed by atoms with Gasteiger partial charge in [-0.05, 0) is 31.4 Å². The molecule has 4 rings (SSSR count). The molecule has 0 radical (unpaired) electrons. The summed E-state index contributed by atoms with van der Waals surface area (Å²) in [4.78, 5) is 31.0. The van der Waals surface area contributed by atoms with Crippen LogP contribution in [0, 0.1) is 5.92 Å². The average molecular weight is 484 g/mol. The van der Waals surface area contributed by atoms with Gasteiger partial charge in [0.15, 0.2) is 6.61 Å². The number of amidine groups is 1. The first-order valence-corrected chi connectivity index (χ1v) is 11.1. The predicted octanol–water partition coefficient (Wildman–Crippen LogP) is 3.12. The van der Waals surface area contributed by atoms with Gasteiger partial charge in [-0.25, -0.2) is 14.4 Å². The molecule has 2 aliphatic heterocycles. The highest BCUT2D eigenvalue weighted by molar-refractivity contribution is 6.32.